The highest BCUT2D eigenvalue weighted by molar-refractivity contribution is 7.19. The van der Waals surface area contributed by atoms with E-state index in [4.69, 9.17) is 0 Å². The standard InChI is InChI=1S/C28H26F3N5O4S/c1-13-22(34-24(38)14-5-7-35(10-14)12-37)17(9-19(33-13)28(29,30)31)16-4-6-32-18-8-15(41-23(16)18)11-36-25(39)20-21(26(36)40)27(20,2)3/h4,6,8-9,12,14,20-21H,5,7,10-11H2,1-3H3,(H,34,38). The van der Waals surface area contributed by atoms with E-state index in [1.54, 1.807) is 12.1 Å². The molecule has 0 spiro atoms. The fourth-order valence-electron chi connectivity index (χ4n) is 6.10. The molecule has 0 bridgehead atoms. The highest BCUT2D eigenvalue weighted by atomic mass is 32.1. The molecule has 3 aromatic rings. The largest absolute Gasteiger partial charge is 0.433 e. The predicted octanol–water partition coefficient (Wildman–Crippen LogP) is 4.24. The number of imide groups is 1. The third kappa shape index (κ3) is 4.46. The molecule has 9 nitrogen and oxygen atoms in total. The Bertz CT molecular complexity index is 1610. The van der Waals surface area contributed by atoms with Gasteiger partial charge in [-0.05, 0) is 37.0 Å². The molecule has 2 saturated heterocycles. The van der Waals surface area contributed by atoms with E-state index >= 15 is 0 Å². The van der Waals surface area contributed by atoms with Gasteiger partial charge in [0, 0.05) is 35.3 Å². The number of hydrogen-bond donors (Lipinski definition) is 1. The molecule has 0 radical (unpaired) electrons. The Morgan fingerprint density at radius 3 is 2.54 bits per heavy atom. The molecular weight excluding hydrogens is 559 g/mol. The fourth-order valence-corrected chi connectivity index (χ4v) is 7.23. The molecule has 0 aromatic carbocycles. The Kier molecular flexibility index (Phi) is 6.21. The van der Waals surface area contributed by atoms with Crippen molar-refractivity contribution >= 4 is 51.4 Å². The number of thiophene rings is 1. The molecule has 13 heteroatoms. The summed E-state index contributed by atoms with van der Waals surface area (Å²) >= 11 is 1.23. The number of halogens is 3. The lowest BCUT2D eigenvalue weighted by Gasteiger charge is -2.19. The maximum atomic E-state index is 13.8. The van der Waals surface area contributed by atoms with Crippen LogP contribution in [0.2, 0.25) is 0 Å². The van der Waals surface area contributed by atoms with Gasteiger partial charge >= 0.3 is 6.18 Å². The van der Waals surface area contributed by atoms with Crippen LogP contribution in [0.3, 0.4) is 0 Å². The lowest BCUT2D eigenvalue weighted by molar-refractivity contribution is -0.144. The number of piperidine rings is 1. The summed E-state index contributed by atoms with van der Waals surface area (Å²) in [6.07, 6.45) is -2.16. The van der Waals surface area contributed by atoms with E-state index in [1.165, 1.54) is 34.3 Å². The van der Waals surface area contributed by atoms with Crippen LogP contribution in [0.15, 0.2) is 24.4 Å². The number of nitrogens with zero attached hydrogens (tertiary/aromatic N) is 4. The molecule has 3 fully saturated rings. The summed E-state index contributed by atoms with van der Waals surface area (Å²) in [7, 11) is 0. The number of hydrogen-bond acceptors (Lipinski definition) is 7. The van der Waals surface area contributed by atoms with Gasteiger partial charge in [-0.1, -0.05) is 13.8 Å². The molecule has 3 aromatic heterocycles. The molecule has 6 rings (SSSR count). The van der Waals surface area contributed by atoms with Gasteiger partial charge in [-0.3, -0.25) is 29.1 Å². The van der Waals surface area contributed by atoms with Crippen molar-refractivity contribution in [3.05, 3.63) is 40.7 Å². The highest BCUT2D eigenvalue weighted by Crippen LogP contribution is 2.63. The summed E-state index contributed by atoms with van der Waals surface area (Å²) < 4.78 is 42.0. The molecular formula is C28H26F3N5O4S. The van der Waals surface area contributed by atoms with Crippen molar-refractivity contribution in [3.8, 4) is 11.1 Å². The smallest absolute Gasteiger partial charge is 0.344 e. The van der Waals surface area contributed by atoms with Crippen LogP contribution in [0.4, 0.5) is 18.9 Å². The Morgan fingerprint density at radius 1 is 1.20 bits per heavy atom. The van der Waals surface area contributed by atoms with E-state index in [2.05, 4.69) is 15.3 Å². The summed E-state index contributed by atoms with van der Waals surface area (Å²) in [4.78, 5) is 61.4. The van der Waals surface area contributed by atoms with Crippen molar-refractivity contribution in [1.82, 2.24) is 19.8 Å². The Morgan fingerprint density at radius 2 is 1.90 bits per heavy atom. The van der Waals surface area contributed by atoms with Crippen molar-refractivity contribution in [1.29, 1.82) is 0 Å². The number of rotatable bonds is 6. The number of aryl methyl sites for hydroxylation is 1. The zero-order valence-electron chi connectivity index (χ0n) is 22.4. The summed E-state index contributed by atoms with van der Waals surface area (Å²) in [5, 5.41) is 2.78. The topological polar surface area (TPSA) is 113 Å². The van der Waals surface area contributed by atoms with Gasteiger partial charge < -0.3 is 10.2 Å². The minimum Gasteiger partial charge on any atom is -0.344 e. The van der Waals surface area contributed by atoms with Gasteiger partial charge in [0.05, 0.1) is 45.9 Å². The summed E-state index contributed by atoms with van der Waals surface area (Å²) in [6.45, 7) is 5.90. The zero-order chi connectivity index (χ0) is 29.4. The van der Waals surface area contributed by atoms with Gasteiger partial charge in [-0.15, -0.1) is 11.3 Å². The van der Waals surface area contributed by atoms with Gasteiger partial charge in [0.2, 0.25) is 24.1 Å². The SMILES string of the molecule is Cc1nc(C(F)(F)F)cc(-c2ccnc3cc(CN4C(=O)C5C(C4=O)C5(C)C)sc23)c1NC(=O)C1CCN(C=O)C1. The van der Waals surface area contributed by atoms with Crippen LogP contribution in [0.25, 0.3) is 21.3 Å². The van der Waals surface area contributed by atoms with Crippen LogP contribution in [0.5, 0.6) is 0 Å². The number of likely N-dealkylation sites (tertiary alicyclic amines) is 2. The maximum absolute atomic E-state index is 13.8. The second-order valence-electron chi connectivity index (χ2n) is 11.4. The fraction of sp³-hybridized carbons (Fsp3) is 0.429. The molecule has 1 aliphatic carbocycles. The van der Waals surface area contributed by atoms with Gasteiger partial charge in [0.25, 0.3) is 0 Å². The molecule has 1 N–H and O–H groups in total. The second kappa shape index (κ2) is 9.33. The molecule has 2 aliphatic heterocycles. The number of aromatic nitrogens is 2. The number of carbonyl (C=O) groups excluding carboxylic acids is 4. The monoisotopic (exact) mass is 585 g/mol. The summed E-state index contributed by atoms with van der Waals surface area (Å²) in [6, 6.07) is 4.20. The molecule has 1 saturated carbocycles. The Balaban J connectivity index is 1.38. The lowest BCUT2D eigenvalue weighted by atomic mass is 10.0. The van der Waals surface area contributed by atoms with E-state index < -0.39 is 23.7 Å². The van der Waals surface area contributed by atoms with Crippen LogP contribution in [0, 0.1) is 30.1 Å². The van der Waals surface area contributed by atoms with Crippen LogP contribution in [-0.4, -0.2) is 57.0 Å². The first-order valence-corrected chi connectivity index (χ1v) is 13.9. The van der Waals surface area contributed by atoms with Crippen molar-refractivity contribution in [2.75, 3.05) is 18.4 Å². The number of fused-ring (bicyclic) bond motifs is 2. The van der Waals surface area contributed by atoms with Gasteiger partial charge in [0.1, 0.15) is 5.69 Å². The van der Waals surface area contributed by atoms with Crippen LogP contribution in [-0.2, 0) is 31.9 Å². The number of nitrogens with one attached hydrogen (secondary N) is 1. The van der Waals surface area contributed by atoms with Crippen molar-refractivity contribution in [2.45, 2.75) is 39.9 Å². The molecule has 3 unspecified atom stereocenters. The van der Waals surface area contributed by atoms with Crippen LogP contribution >= 0.6 is 11.3 Å². The number of alkyl halides is 3. The number of carbonyl (C=O) groups is 4. The highest BCUT2D eigenvalue weighted by Gasteiger charge is 2.72. The average Bonchev–Trinajstić information content (AvgIpc) is 3.34. The van der Waals surface area contributed by atoms with Crippen molar-refractivity contribution in [3.63, 3.8) is 0 Å². The van der Waals surface area contributed by atoms with Gasteiger partial charge in [-0.25, -0.2) is 4.98 Å². The van der Waals surface area contributed by atoms with E-state index in [1.807, 2.05) is 13.8 Å². The molecule has 4 amide bonds. The predicted molar refractivity (Wildman–Crippen MR) is 143 cm³/mol. The van der Waals surface area contributed by atoms with E-state index in [-0.39, 0.29) is 59.1 Å². The zero-order valence-corrected chi connectivity index (χ0v) is 23.2. The first kappa shape index (κ1) is 27.3. The van der Waals surface area contributed by atoms with Crippen molar-refractivity contribution < 1.29 is 32.3 Å². The third-order valence-electron chi connectivity index (χ3n) is 8.44. The van der Waals surface area contributed by atoms with Crippen LogP contribution in [0.1, 0.15) is 36.5 Å². The first-order chi connectivity index (χ1) is 19.3. The Hall–Kier alpha value is -3.87. The molecule has 3 atom stereocenters. The van der Waals surface area contributed by atoms with E-state index in [0.717, 1.165) is 6.07 Å². The number of amides is 4. The van der Waals surface area contributed by atoms with E-state index in [0.29, 0.717) is 40.0 Å². The van der Waals surface area contributed by atoms with Gasteiger partial charge in [-0.2, -0.15) is 13.2 Å². The van der Waals surface area contributed by atoms with Gasteiger partial charge in [0.15, 0.2) is 0 Å². The molecule has 214 valence electrons. The second-order valence-corrected chi connectivity index (χ2v) is 12.6. The Labute approximate surface area is 236 Å². The molecule has 41 heavy (non-hydrogen) atoms. The average molecular weight is 586 g/mol. The summed E-state index contributed by atoms with van der Waals surface area (Å²) in [5.41, 5.74) is -0.285. The maximum Gasteiger partial charge on any atom is 0.433 e. The lowest BCUT2D eigenvalue weighted by Crippen LogP contribution is -2.35. The summed E-state index contributed by atoms with van der Waals surface area (Å²) in [5.74, 6) is -1.97. The minimum absolute atomic E-state index is 0.00902. The third-order valence-corrected chi connectivity index (χ3v) is 9.58. The first-order valence-electron chi connectivity index (χ1n) is 13.1. The normalized spacial score (nSPS) is 23.3. The quantitative estimate of drug-likeness (QED) is 0.342. The number of pyridine rings is 2. The van der Waals surface area contributed by atoms with Crippen LogP contribution < -0.4 is 5.32 Å². The minimum atomic E-state index is -4.73. The number of anilines is 1. The van der Waals surface area contributed by atoms with Crippen molar-refractivity contribution in [2.24, 2.45) is 23.2 Å². The van der Waals surface area contributed by atoms with E-state index in [9.17, 15) is 32.3 Å². The molecule has 5 heterocycles. The molecule has 3 aliphatic rings.